The molecule has 29 heavy (non-hydrogen) atoms. The van der Waals surface area contributed by atoms with E-state index >= 15 is 0 Å². The Morgan fingerprint density at radius 1 is 0.966 bits per heavy atom. The lowest BCUT2D eigenvalue weighted by Gasteiger charge is -2.30. The highest BCUT2D eigenvalue weighted by Gasteiger charge is 2.22. The van der Waals surface area contributed by atoms with Gasteiger partial charge in [-0.3, -0.25) is 4.79 Å². The van der Waals surface area contributed by atoms with Crippen LogP contribution in [0.2, 0.25) is 0 Å². The Morgan fingerprint density at radius 2 is 1.59 bits per heavy atom. The van der Waals surface area contributed by atoms with Crippen LogP contribution in [0, 0.1) is 0 Å². The number of hydrogen-bond acceptors (Lipinski definition) is 6. The van der Waals surface area contributed by atoms with Gasteiger partial charge in [0.1, 0.15) is 5.82 Å². The standard InChI is InChI=1S/C22H28N4O3/c1-24(17-18-4-6-19(7-5-18)25-9-13-28-14-10-25)22(27)20-3-2-8-23-21(20)26-11-15-29-16-12-26/h2-8H,9-17H2,1H3. The van der Waals surface area contributed by atoms with E-state index in [9.17, 15) is 4.79 Å². The van der Waals surface area contributed by atoms with Crippen LogP contribution in [-0.4, -0.2) is 75.4 Å². The summed E-state index contributed by atoms with van der Waals surface area (Å²) in [5.74, 6) is 0.729. The number of carbonyl (C=O) groups is 1. The van der Waals surface area contributed by atoms with Gasteiger partial charge in [0, 0.05) is 51.7 Å². The number of aromatic nitrogens is 1. The molecule has 0 aliphatic carbocycles. The summed E-state index contributed by atoms with van der Waals surface area (Å²) in [6.07, 6.45) is 1.74. The summed E-state index contributed by atoms with van der Waals surface area (Å²) in [4.78, 5) is 23.8. The topological polar surface area (TPSA) is 58.1 Å². The second-order valence-electron chi connectivity index (χ2n) is 7.40. The van der Waals surface area contributed by atoms with E-state index in [1.165, 1.54) is 5.69 Å². The number of anilines is 2. The van der Waals surface area contributed by atoms with E-state index < -0.39 is 0 Å². The lowest BCUT2D eigenvalue weighted by atomic mass is 10.1. The Labute approximate surface area is 171 Å². The zero-order valence-electron chi connectivity index (χ0n) is 16.9. The second kappa shape index (κ2) is 9.24. The Hall–Kier alpha value is -2.64. The van der Waals surface area contributed by atoms with Gasteiger partial charge in [0.15, 0.2) is 0 Å². The predicted molar refractivity (Wildman–Crippen MR) is 113 cm³/mol. The third-order valence-corrected chi connectivity index (χ3v) is 5.41. The van der Waals surface area contributed by atoms with Gasteiger partial charge in [-0.05, 0) is 29.8 Å². The van der Waals surface area contributed by atoms with Crippen LogP contribution in [0.5, 0.6) is 0 Å². The number of amides is 1. The summed E-state index contributed by atoms with van der Waals surface area (Å²) >= 11 is 0. The number of carbonyl (C=O) groups excluding carboxylic acids is 1. The summed E-state index contributed by atoms with van der Waals surface area (Å²) in [5, 5.41) is 0. The quantitative estimate of drug-likeness (QED) is 0.771. The first-order valence-corrected chi connectivity index (χ1v) is 10.2. The summed E-state index contributed by atoms with van der Waals surface area (Å²) in [5.41, 5.74) is 2.95. The minimum Gasteiger partial charge on any atom is -0.378 e. The van der Waals surface area contributed by atoms with Crippen molar-refractivity contribution < 1.29 is 14.3 Å². The zero-order chi connectivity index (χ0) is 20.1. The van der Waals surface area contributed by atoms with E-state index in [4.69, 9.17) is 9.47 Å². The molecular formula is C22H28N4O3. The van der Waals surface area contributed by atoms with Gasteiger partial charge < -0.3 is 24.2 Å². The first-order chi connectivity index (χ1) is 14.2. The molecule has 1 aromatic heterocycles. The average Bonchev–Trinajstić information content (AvgIpc) is 2.80. The normalized spacial score (nSPS) is 17.3. The molecule has 0 spiro atoms. The van der Waals surface area contributed by atoms with Crippen LogP contribution in [-0.2, 0) is 16.0 Å². The third kappa shape index (κ3) is 4.68. The fourth-order valence-electron chi connectivity index (χ4n) is 3.78. The Kier molecular flexibility index (Phi) is 6.27. The highest BCUT2D eigenvalue weighted by Crippen LogP contribution is 2.22. The first-order valence-electron chi connectivity index (χ1n) is 10.2. The molecular weight excluding hydrogens is 368 g/mol. The van der Waals surface area contributed by atoms with Crippen LogP contribution in [0.3, 0.4) is 0 Å². The molecule has 0 bridgehead atoms. The highest BCUT2D eigenvalue weighted by atomic mass is 16.5. The molecule has 2 aliphatic rings. The van der Waals surface area contributed by atoms with Crippen LogP contribution < -0.4 is 9.80 Å². The Morgan fingerprint density at radius 3 is 2.24 bits per heavy atom. The van der Waals surface area contributed by atoms with Crippen molar-refractivity contribution in [3.63, 3.8) is 0 Å². The third-order valence-electron chi connectivity index (χ3n) is 5.41. The minimum atomic E-state index is -0.0168. The highest BCUT2D eigenvalue weighted by molar-refractivity contribution is 5.98. The van der Waals surface area contributed by atoms with Crippen LogP contribution in [0.25, 0.3) is 0 Å². The molecule has 1 amide bonds. The van der Waals surface area contributed by atoms with E-state index in [0.29, 0.717) is 25.3 Å². The molecule has 2 aliphatic heterocycles. The number of ether oxygens (including phenoxy) is 2. The lowest BCUT2D eigenvalue weighted by molar-refractivity contribution is 0.0784. The number of nitrogens with zero attached hydrogens (tertiary/aromatic N) is 4. The monoisotopic (exact) mass is 396 g/mol. The minimum absolute atomic E-state index is 0.0168. The van der Waals surface area contributed by atoms with Gasteiger partial charge in [0.25, 0.3) is 5.91 Å². The lowest BCUT2D eigenvalue weighted by Crippen LogP contribution is -2.38. The van der Waals surface area contributed by atoms with Crippen LogP contribution in [0.4, 0.5) is 11.5 Å². The fourth-order valence-corrected chi connectivity index (χ4v) is 3.78. The molecule has 2 fully saturated rings. The van der Waals surface area contributed by atoms with E-state index in [1.54, 1.807) is 11.1 Å². The number of hydrogen-bond donors (Lipinski definition) is 0. The van der Waals surface area contributed by atoms with Crippen molar-refractivity contribution in [1.82, 2.24) is 9.88 Å². The van der Waals surface area contributed by atoms with E-state index in [1.807, 2.05) is 19.2 Å². The van der Waals surface area contributed by atoms with Crippen molar-refractivity contribution in [3.8, 4) is 0 Å². The molecule has 3 heterocycles. The number of morpholine rings is 2. The molecule has 0 saturated carbocycles. The predicted octanol–water partition coefficient (Wildman–Crippen LogP) is 2.03. The van der Waals surface area contributed by atoms with Gasteiger partial charge >= 0.3 is 0 Å². The van der Waals surface area contributed by atoms with Crippen molar-refractivity contribution in [3.05, 3.63) is 53.7 Å². The smallest absolute Gasteiger partial charge is 0.257 e. The number of pyridine rings is 1. The van der Waals surface area contributed by atoms with Crippen molar-refractivity contribution in [1.29, 1.82) is 0 Å². The number of benzene rings is 1. The molecule has 2 aromatic rings. The maximum Gasteiger partial charge on any atom is 0.257 e. The molecule has 1 aromatic carbocycles. The van der Waals surface area contributed by atoms with E-state index in [-0.39, 0.29) is 5.91 Å². The summed E-state index contributed by atoms with van der Waals surface area (Å²) in [6.45, 7) is 6.77. The fraction of sp³-hybridized carbons (Fsp3) is 0.455. The molecule has 0 atom stereocenters. The van der Waals surface area contributed by atoms with Gasteiger partial charge in [0.2, 0.25) is 0 Å². The summed E-state index contributed by atoms with van der Waals surface area (Å²) < 4.78 is 10.8. The van der Waals surface area contributed by atoms with Crippen LogP contribution in [0.1, 0.15) is 15.9 Å². The van der Waals surface area contributed by atoms with Gasteiger partial charge in [-0.25, -0.2) is 4.98 Å². The van der Waals surface area contributed by atoms with Gasteiger partial charge in [0.05, 0.1) is 32.0 Å². The van der Waals surface area contributed by atoms with Crippen molar-refractivity contribution in [2.45, 2.75) is 6.54 Å². The molecule has 154 valence electrons. The second-order valence-corrected chi connectivity index (χ2v) is 7.40. The molecule has 7 heteroatoms. The first kappa shape index (κ1) is 19.7. The molecule has 0 unspecified atom stereocenters. The Balaban J connectivity index is 1.43. The molecule has 7 nitrogen and oxygen atoms in total. The van der Waals surface area contributed by atoms with Gasteiger partial charge in [-0.15, -0.1) is 0 Å². The SMILES string of the molecule is CN(Cc1ccc(N2CCOCC2)cc1)C(=O)c1cccnc1N1CCOCC1. The van der Waals surface area contributed by atoms with E-state index in [2.05, 4.69) is 39.0 Å². The van der Waals surface area contributed by atoms with Crippen molar-refractivity contribution >= 4 is 17.4 Å². The van der Waals surface area contributed by atoms with E-state index in [0.717, 1.165) is 50.8 Å². The van der Waals surface area contributed by atoms with Gasteiger partial charge in [-0.2, -0.15) is 0 Å². The summed E-state index contributed by atoms with van der Waals surface area (Å²) in [7, 11) is 1.84. The summed E-state index contributed by atoms with van der Waals surface area (Å²) in [6, 6.07) is 12.1. The number of rotatable bonds is 5. The van der Waals surface area contributed by atoms with Crippen molar-refractivity contribution in [2.75, 3.05) is 69.5 Å². The molecule has 4 rings (SSSR count). The average molecular weight is 396 g/mol. The zero-order valence-corrected chi connectivity index (χ0v) is 16.9. The molecule has 0 radical (unpaired) electrons. The van der Waals surface area contributed by atoms with Crippen molar-refractivity contribution in [2.24, 2.45) is 0 Å². The molecule has 2 saturated heterocycles. The van der Waals surface area contributed by atoms with Crippen LogP contribution in [0.15, 0.2) is 42.6 Å². The maximum atomic E-state index is 13.1. The maximum absolute atomic E-state index is 13.1. The largest absolute Gasteiger partial charge is 0.378 e. The Bertz CT molecular complexity index is 815. The van der Waals surface area contributed by atoms with Gasteiger partial charge in [-0.1, -0.05) is 12.1 Å². The van der Waals surface area contributed by atoms with Crippen LogP contribution >= 0.6 is 0 Å². The molecule has 0 N–H and O–H groups in total.